The van der Waals surface area contributed by atoms with Gasteiger partial charge in [0.2, 0.25) is 0 Å². The number of rotatable bonds is 4. The minimum Gasteiger partial charge on any atom is -0.507 e. The maximum Gasteiger partial charge on any atom is 0.124 e. The van der Waals surface area contributed by atoms with E-state index in [1.165, 1.54) is 22.3 Å². The first-order chi connectivity index (χ1) is 12.0. The van der Waals surface area contributed by atoms with Gasteiger partial charge in [0.05, 0.1) is 6.21 Å². The van der Waals surface area contributed by atoms with Gasteiger partial charge in [0, 0.05) is 38.3 Å². The Kier molecular flexibility index (Phi) is 5.39. The number of nitrogens with zero attached hydrogens (tertiary/aromatic N) is 3. The summed E-state index contributed by atoms with van der Waals surface area (Å²) in [4.78, 5) is 2.50. The molecule has 0 spiro atoms. The molecule has 25 heavy (non-hydrogen) atoms. The average Bonchev–Trinajstić information content (AvgIpc) is 2.58. The van der Waals surface area contributed by atoms with Gasteiger partial charge in [-0.1, -0.05) is 29.8 Å². The Morgan fingerprint density at radius 2 is 1.64 bits per heavy atom. The molecular formula is C21H27N3O. The van der Waals surface area contributed by atoms with Crippen LogP contribution in [-0.4, -0.2) is 47.4 Å². The van der Waals surface area contributed by atoms with E-state index in [2.05, 4.69) is 47.9 Å². The van der Waals surface area contributed by atoms with Crippen LogP contribution in [-0.2, 0) is 6.54 Å². The molecule has 0 saturated carbocycles. The normalized spacial score (nSPS) is 15.9. The number of hydrogen-bond acceptors (Lipinski definition) is 4. The highest BCUT2D eigenvalue weighted by Crippen LogP contribution is 2.19. The molecule has 1 aliphatic heterocycles. The SMILES string of the molecule is Cc1cc(C)c(CN2CCN(/N=C/c3ccccc3O)CC2)c(C)c1. The van der Waals surface area contributed by atoms with Gasteiger partial charge < -0.3 is 5.11 Å². The van der Waals surface area contributed by atoms with Gasteiger partial charge in [-0.25, -0.2) is 0 Å². The summed E-state index contributed by atoms with van der Waals surface area (Å²) in [6.45, 7) is 11.4. The molecule has 0 amide bonds. The van der Waals surface area contributed by atoms with E-state index in [9.17, 15) is 5.11 Å². The highest BCUT2D eigenvalue weighted by atomic mass is 16.3. The number of aromatic hydroxyl groups is 1. The second-order valence-electron chi connectivity index (χ2n) is 6.91. The third-order valence-electron chi connectivity index (χ3n) is 4.87. The summed E-state index contributed by atoms with van der Waals surface area (Å²) in [6, 6.07) is 11.8. The fourth-order valence-electron chi connectivity index (χ4n) is 3.43. The van der Waals surface area contributed by atoms with Crippen LogP contribution in [0.25, 0.3) is 0 Å². The Balaban J connectivity index is 1.57. The maximum absolute atomic E-state index is 9.80. The van der Waals surface area contributed by atoms with Crippen molar-refractivity contribution in [1.82, 2.24) is 9.91 Å². The first kappa shape index (κ1) is 17.5. The summed E-state index contributed by atoms with van der Waals surface area (Å²) < 4.78 is 0. The minimum atomic E-state index is 0.273. The molecule has 0 aliphatic carbocycles. The topological polar surface area (TPSA) is 39.1 Å². The monoisotopic (exact) mass is 337 g/mol. The average molecular weight is 337 g/mol. The lowest BCUT2D eigenvalue weighted by molar-refractivity contribution is 0.131. The van der Waals surface area contributed by atoms with Crippen LogP contribution in [0.2, 0.25) is 0 Å². The Morgan fingerprint density at radius 1 is 1.00 bits per heavy atom. The zero-order valence-corrected chi connectivity index (χ0v) is 15.4. The van der Waals surface area contributed by atoms with Crippen LogP contribution in [0, 0.1) is 20.8 Å². The number of aryl methyl sites for hydroxylation is 3. The van der Waals surface area contributed by atoms with E-state index in [0.29, 0.717) is 0 Å². The number of phenols is 1. The van der Waals surface area contributed by atoms with Crippen molar-refractivity contribution in [2.45, 2.75) is 27.3 Å². The summed E-state index contributed by atoms with van der Waals surface area (Å²) in [5.41, 5.74) is 6.32. The van der Waals surface area contributed by atoms with Crippen LogP contribution in [0.4, 0.5) is 0 Å². The van der Waals surface area contributed by atoms with Crippen LogP contribution in [0.5, 0.6) is 5.75 Å². The predicted octanol–water partition coefficient (Wildman–Crippen LogP) is 3.47. The number of hydrazone groups is 1. The first-order valence-electron chi connectivity index (χ1n) is 8.89. The number of para-hydroxylation sites is 1. The van der Waals surface area contributed by atoms with E-state index in [1.54, 1.807) is 12.3 Å². The van der Waals surface area contributed by atoms with Crippen molar-refractivity contribution in [3.05, 3.63) is 64.2 Å². The Bertz CT molecular complexity index is 738. The quantitative estimate of drug-likeness (QED) is 0.868. The lowest BCUT2D eigenvalue weighted by Crippen LogP contribution is -2.43. The first-order valence-corrected chi connectivity index (χ1v) is 8.89. The van der Waals surface area contributed by atoms with Crippen LogP contribution in [0.3, 0.4) is 0 Å². The van der Waals surface area contributed by atoms with Crippen molar-refractivity contribution < 1.29 is 5.11 Å². The lowest BCUT2D eigenvalue weighted by Gasteiger charge is -2.33. The molecule has 4 heteroatoms. The molecule has 132 valence electrons. The van der Waals surface area contributed by atoms with E-state index in [4.69, 9.17) is 0 Å². The molecule has 0 atom stereocenters. The second-order valence-corrected chi connectivity index (χ2v) is 6.91. The van der Waals surface area contributed by atoms with Crippen LogP contribution in [0.1, 0.15) is 27.8 Å². The van der Waals surface area contributed by atoms with Gasteiger partial charge in [0.25, 0.3) is 0 Å². The summed E-state index contributed by atoms with van der Waals surface area (Å²) >= 11 is 0. The van der Waals surface area contributed by atoms with Crippen LogP contribution >= 0.6 is 0 Å². The second kappa shape index (κ2) is 7.70. The molecule has 1 heterocycles. The van der Waals surface area contributed by atoms with Gasteiger partial charge in [0.1, 0.15) is 5.75 Å². The highest BCUT2D eigenvalue weighted by Gasteiger charge is 2.17. The summed E-state index contributed by atoms with van der Waals surface area (Å²) in [7, 11) is 0. The molecule has 2 aromatic rings. The standard InChI is InChI=1S/C21H27N3O/c1-16-12-17(2)20(18(3)13-16)15-23-8-10-24(11-9-23)22-14-19-6-4-5-7-21(19)25/h4-7,12-14,25H,8-11,15H2,1-3H3/b22-14+. The van der Waals surface area contributed by atoms with Crippen LogP contribution < -0.4 is 0 Å². The Hall–Kier alpha value is -2.33. The fraction of sp³-hybridized carbons (Fsp3) is 0.381. The van der Waals surface area contributed by atoms with Crippen molar-refractivity contribution >= 4 is 6.21 Å². The predicted molar refractivity (Wildman–Crippen MR) is 103 cm³/mol. The number of phenolic OH excluding ortho intramolecular Hbond substituents is 1. The van der Waals surface area contributed by atoms with Gasteiger partial charge in [-0.05, 0) is 49.6 Å². The number of benzene rings is 2. The Morgan fingerprint density at radius 3 is 2.28 bits per heavy atom. The molecule has 1 N–H and O–H groups in total. The molecule has 0 bridgehead atoms. The van der Waals surface area contributed by atoms with E-state index in [-0.39, 0.29) is 5.75 Å². The molecule has 1 saturated heterocycles. The Labute approximate surface area is 150 Å². The summed E-state index contributed by atoms with van der Waals surface area (Å²) in [6.07, 6.45) is 1.75. The van der Waals surface area contributed by atoms with Crippen molar-refractivity contribution in [2.24, 2.45) is 5.10 Å². The molecule has 0 aromatic heterocycles. The fourth-order valence-corrected chi connectivity index (χ4v) is 3.43. The van der Waals surface area contributed by atoms with Gasteiger partial charge in [-0.15, -0.1) is 0 Å². The number of piperazine rings is 1. The third-order valence-corrected chi connectivity index (χ3v) is 4.87. The minimum absolute atomic E-state index is 0.273. The number of hydrogen-bond donors (Lipinski definition) is 1. The van der Waals surface area contributed by atoms with Gasteiger partial charge >= 0.3 is 0 Å². The smallest absolute Gasteiger partial charge is 0.124 e. The van der Waals surface area contributed by atoms with E-state index >= 15 is 0 Å². The summed E-state index contributed by atoms with van der Waals surface area (Å²) in [5.74, 6) is 0.273. The molecule has 1 aliphatic rings. The van der Waals surface area contributed by atoms with Gasteiger partial charge in [-0.2, -0.15) is 5.10 Å². The van der Waals surface area contributed by atoms with Crippen molar-refractivity contribution in [1.29, 1.82) is 0 Å². The zero-order chi connectivity index (χ0) is 17.8. The maximum atomic E-state index is 9.80. The third kappa shape index (κ3) is 4.40. The lowest BCUT2D eigenvalue weighted by atomic mass is 9.99. The molecule has 4 nitrogen and oxygen atoms in total. The van der Waals surface area contributed by atoms with E-state index in [1.807, 2.05) is 18.2 Å². The molecule has 0 unspecified atom stereocenters. The molecule has 2 aromatic carbocycles. The van der Waals surface area contributed by atoms with Gasteiger partial charge in [-0.3, -0.25) is 9.91 Å². The van der Waals surface area contributed by atoms with Crippen molar-refractivity contribution in [3.8, 4) is 5.75 Å². The van der Waals surface area contributed by atoms with Crippen LogP contribution in [0.15, 0.2) is 41.5 Å². The molecule has 3 rings (SSSR count). The molecule has 0 radical (unpaired) electrons. The molecule has 1 fully saturated rings. The van der Waals surface area contributed by atoms with Gasteiger partial charge in [0.15, 0.2) is 0 Å². The van der Waals surface area contributed by atoms with E-state index < -0.39 is 0 Å². The summed E-state index contributed by atoms with van der Waals surface area (Å²) in [5, 5.41) is 16.4. The van der Waals surface area contributed by atoms with Crippen molar-refractivity contribution in [3.63, 3.8) is 0 Å². The highest BCUT2D eigenvalue weighted by molar-refractivity contribution is 5.82. The van der Waals surface area contributed by atoms with Crippen molar-refractivity contribution in [2.75, 3.05) is 26.2 Å². The van der Waals surface area contributed by atoms with E-state index in [0.717, 1.165) is 38.3 Å². The zero-order valence-electron chi connectivity index (χ0n) is 15.4. The molecular weight excluding hydrogens is 310 g/mol. The largest absolute Gasteiger partial charge is 0.507 e.